The Balaban J connectivity index is 1.80. The van der Waals surface area contributed by atoms with Gasteiger partial charge in [0.15, 0.2) is 0 Å². The lowest BCUT2D eigenvalue weighted by atomic mass is 10.2. The van der Waals surface area contributed by atoms with Crippen molar-refractivity contribution in [1.29, 1.82) is 0 Å². The van der Waals surface area contributed by atoms with Crippen LogP contribution in [0.25, 0.3) is 10.9 Å². The van der Waals surface area contributed by atoms with Crippen LogP contribution in [-0.4, -0.2) is 28.5 Å². The van der Waals surface area contributed by atoms with E-state index in [2.05, 4.69) is 20.6 Å². The number of benzene rings is 1. The topological polar surface area (TPSA) is 92.9 Å². The van der Waals surface area contributed by atoms with Gasteiger partial charge in [0.2, 0.25) is 5.91 Å². The number of carbonyl (C=O) groups excluding carboxylic acids is 1. The van der Waals surface area contributed by atoms with E-state index in [9.17, 15) is 4.79 Å². The number of fused-ring (bicyclic) bond motifs is 1. The molecule has 1 fully saturated rings. The van der Waals surface area contributed by atoms with E-state index in [1.165, 1.54) is 6.33 Å². The van der Waals surface area contributed by atoms with E-state index in [0.717, 1.165) is 23.1 Å². The van der Waals surface area contributed by atoms with Gasteiger partial charge in [-0.25, -0.2) is 9.97 Å². The SMILES string of the molecule is Nc1ccc2ncnc(NCC3CCC(=O)N3)c2c1. The van der Waals surface area contributed by atoms with Gasteiger partial charge in [0.05, 0.1) is 5.52 Å². The van der Waals surface area contributed by atoms with E-state index in [1.54, 1.807) is 0 Å². The van der Waals surface area contributed by atoms with Crippen LogP contribution in [0.4, 0.5) is 11.5 Å². The molecule has 0 saturated carbocycles. The average Bonchev–Trinajstić information content (AvgIpc) is 2.82. The molecule has 1 amide bonds. The summed E-state index contributed by atoms with van der Waals surface area (Å²) >= 11 is 0. The number of rotatable bonds is 3. The number of hydrogen-bond acceptors (Lipinski definition) is 5. The molecule has 0 spiro atoms. The number of nitrogen functional groups attached to an aromatic ring is 1. The van der Waals surface area contributed by atoms with Gasteiger partial charge in [0, 0.05) is 30.1 Å². The Labute approximate surface area is 110 Å². The molecule has 4 N–H and O–H groups in total. The number of amides is 1. The van der Waals surface area contributed by atoms with Gasteiger partial charge < -0.3 is 16.4 Å². The largest absolute Gasteiger partial charge is 0.399 e. The minimum absolute atomic E-state index is 0.114. The van der Waals surface area contributed by atoms with Crippen molar-refractivity contribution in [2.24, 2.45) is 0 Å². The molecule has 1 aromatic carbocycles. The maximum atomic E-state index is 11.1. The zero-order chi connectivity index (χ0) is 13.2. The lowest BCUT2D eigenvalue weighted by molar-refractivity contribution is -0.119. The highest BCUT2D eigenvalue weighted by atomic mass is 16.1. The molecule has 1 aliphatic heterocycles. The molecule has 3 rings (SSSR count). The summed E-state index contributed by atoms with van der Waals surface area (Å²) in [5.74, 6) is 0.863. The Bertz CT molecular complexity index is 627. The molecule has 1 aliphatic rings. The Morgan fingerprint density at radius 1 is 1.42 bits per heavy atom. The van der Waals surface area contributed by atoms with Crippen molar-refractivity contribution in [3.8, 4) is 0 Å². The lowest BCUT2D eigenvalue weighted by Gasteiger charge is -2.13. The highest BCUT2D eigenvalue weighted by Crippen LogP contribution is 2.21. The molecule has 0 radical (unpaired) electrons. The molecule has 6 heteroatoms. The molecule has 2 heterocycles. The van der Waals surface area contributed by atoms with Crippen LogP contribution >= 0.6 is 0 Å². The Kier molecular flexibility index (Phi) is 2.91. The molecule has 1 atom stereocenters. The van der Waals surface area contributed by atoms with Crippen LogP contribution in [0.2, 0.25) is 0 Å². The smallest absolute Gasteiger partial charge is 0.220 e. The van der Waals surface area contributed by atoms with E-state index in [1.807, 2.05) is 18.2 Å². The van der Waals surface area contributed by atoms with Gasteiger partial charge in [-0.1, -0.05) is 0 Å². The lowest BCUT2D eigenvalue weighted by Crippen LogP contribution is -2.32. The third-order valence-electron chi connectivity index (χ3n) is 3.26. The second-order valence-electron chi connectivity index (χ2n) is 4.68. The number of nitrogens with one attached hydrogen (secondary N) is 2. The molecule has 1 unspecified atom stereocenters. The van der Waals surface area contributed by atoms with Crippen LogP contribution in [0.15, 0.2) is 24.5 Å². The van der Waals surface area contributed by atoms with Crippen molar-refractivity contribution in [2.45, 2.75) is 18.9 Å². The minimum atomic E-state index is 0.114. The maximum absolute atomic E-state index is 11.1. The molecule has 6 nitrogen and oxygen atoms in total. The van der Waals surface area contributed by atoms with Crippen molar-refractivity contribution in [1.82, 2.24) is 15.3 Å². The summed E-state index contributed by atoms with van der Waals surface area (Å²) in [7, 11) is 0. The fourth-order valence-corrected chi connectivity index (χ4v) is 2.27. The summed E-state index contributed by atoms with van der Waals surface area (Å²) in [6.45, 7) is 0.659. The van der Waals surface area contributed by atoms with Crippen molar-refractivity contribution >= 4 is 28.3 Å². The first-order chi connectivity index (χ1) is 9.22. The molecule has 19 heavy (non-hydrogen) atoms. The second-order valence-corrected chi connectivity index (χ2v) is 4.68. The zero-order valence-electron chi connectivity index (χ0n) is 10.4. The molecule has 2 aromatic rings. The monoisotopic (exact) mass is 257 g/mol. The number of hydrogen-bond donors (Lipinski definition) is 3. The Morgan fingerprint density at radius 2 is 2.32 bits per heavy atom. The Morgan fingerprint density at radius 3 is 3.11 bits per heavy atom. The summed E-state index contributed by atoms with van der Waals surface area (Å²) in [6.07, 6.45) is 2.98. The first-order valence-corrected chi connectivity index (χ1v) is 6.26. The van der Waals surface area contributed by atoms with E-state index >= 15 is 0 Å². The van der Waals surface area contributed by atoms with Crippen molar-refractivity contribution < 1.29 is 4.79 Å². The predicted molar refractivity (Wildman–Crippen MR) is 73.6 cm³/mol. The summed E-state index contributed by atoms with van der Waals surface area (Å²) in [4.78, 5) is 19.6. The molecule has 98 valence electrons. The van der Waals surface area contributed by atoms with Gasteiger partial charge in [-0.3, -0.25) is 4.79 Å². The van der Waals surface area contributed by atoms with Crippen LogP contribution in [0.3, 0.4) is 0 Å². The van der Waals surface area contributed by atoms with Crippen LogP contribution < -0.4 is 16.4 Å². The number of carbonyl (C=O) groups is 1. The average molecular weight is 257 g/mol. The van der Waals surface area contributed by atoms with Gasteiger partial charge in [0.25, 0.3) is 0 Å². The zero-order valence-corrected chi connectivity index (χ0v) is 10.4. The molecular formula is C13H15N5O. The standard InChI is InChI=1S/C13H15N5O/c14-8-1-3-11-10(5-8)13(17-7-16-11)15-6-9-2-4-12(19)18-9/h1,3,5,7,9H,2,4,6,14H2,(H,18,19)(H,15,16,17). The molecule has 0 aliphatic carbocycles. The van der Waals surface area contributed by atoms with Gasteiger partial charge in [0.1, 0.15) is 12.1 Å². The quantitative estimate of drug-likeness (QED) is 0.710. The van der Waals surface area contributed by atoms with Gasteiger partial charge in [-0.15, -0.1) is 0 Å². The van der Waals surface area contributed by atoms with Gasteiger partial charge >= 0.3 is 0 Å². The number of anilines is 2. The van der Waals surface area contributed by atoms with Crippen molar-refractivity contribution in [2.75, 3.05) is 17.6 Å². The summed E-state index contributed by atoms with van der Waals surface area (Å²) in [6, 6.07) is 5.70. The summed E-state index contributed by atoms with van der Waals surface area (Å²) < 4.78 is 0. The molecule has 1 aromatic heterocycles. The third kappa shape index (κ3) is 2.42. The first kappa shape index (κ1) is 11.7. The number of aromatic nitrogens is 2. The van der Waals surface area contributed by atoms with Crippen molar-refractivity contribution in [3.05, 3.63) is 24.5 Å². The van der Waals surface area contributed by atoms with Crippen LogP contribution in [-0.2, 0) is 4.79 Å². The predicted octanol–water partition coefficient (Wildman–Crippen LogP) is 0.902. The normalized spacial score (nSPS) is 18.5. The van der Waals surface area contributed by atoms with Gasteiger partial charge in [-0.05, 0) is 24.6 Å². The summed E-state index contributed by atoms with van der Waals surface area (Å²) in [5, 5.41) is 7.07. The van der Waals surface area contributed by atoms with E-state index in [-0.39, 0.29) is 11.9 Å². The fraction of sp³-hybridized carbons (Fsp3) is 0.308. The first-order valence-electron chi connectivity index (χ1n) is 6.26. The van der Waals surface area contributed by atoms with Crippen molar-refractivity contribution in [3.63, 3.8) is 0 Å². The van der Waals surface area contributed by atoms with Gasteiger partial charge in [-0.2, -0.15) is 0 Å². The number of nitrogens with two attached hydrogens (primary N) is 1. The van der Waals surface area contributed by atoms with E-state index < -0.39 is 0 Å². The Hall–Kier alpha value is -2.37. The maximum Gasteiger partial charge on any atom is 0.220 e. The molecule has 1 saturated heterocycles. The minimum Gasteiger partial charge on any atom is -0.399 e. The second kappa shape index (κ2) is 4.72. The summed E-state index contributed by atoms with van der Waals surface area (Å²) in [5.41, 5.74) is 7.32. The highest BCUT2D eigenvalue weighted by Gasteiger charge is 2.20. The van der Waals surface area contributed by atoms with E-state index in [4.69, 9.17) is 5.73 Å². The van der Waals surface area contributed by atoms with E-state index in [0.29, 0.717) is 18.7 Å². The molecular weight excluding hydrogens is 242 g/mol. The third-order valence-corrected chi connectivity index (χ3v) is 3.26. The highest BCUT2D eigenvalue weighted by molar-refractivity contribution is 5.91. The number of nitrogens with zero attached hydrogens (tertiary/aromatic N) is 2. The fourth-order valence-electron chi connectivity index (χ4n) is 2.27. The van der Waals surface area contributed by atoms with Crippen LogP contribution in [0.5, 0.6) is 0 Å². The molecule has 0 bridgehead atoms. The van der Waals surface area contributed by atoms with Crippen LogP contribution in [0, 0.1) is 0 Å². The van der Waals surface area contributed by atoms with Crippen LogP contribution in [0.1, 0.15) is 12.8 Å².